The van der Waals surface area contributed by atoms with Crippen LogP contribution in [0.3, 0.4) is 0 Å². The van der Waals surface area contributed by atoms with Crippen LogP contribution in [0, 0.1) is 5.92 Å². The number of benzene rings is 2. The van der Waals surface area contributed by atoms with Crippen molar-refractivity contribution < 1.29 is 19.0 Å². The lowest BCUT2D eigenvalue weighted by Crippen LogP contribution is -2.41. The first-order chi connectivity index (χ1) is 12.2. The van der Waals surface area contributed by atoms with Gasteiger partial charge < -0.3 is 19.5 Å². The third kappa shape index (κ3) is 4.44. The highest BCUT2D eigenvalue weighted by Gasteiger charge is 2.21. The van der Waals surface area contributed by atoms with Gasteiger partial charge in [-0.3, -0.25) is 4.79 Å². The number of ether oxygens (including phenoxy) is 3. The van der Waals surface area contributed by atoms with E-state index in [0.29, 0.717) is 18.9 Å². The Balaban J connectivity index is 1.47. The van der Waals surface area contributed by atoms with Gasteiger partial charge >= 0.3 is 0 Å². The maximum Gasteiger partial charge on any atom is 0.260 e. The van der Waals surface area contributed by atoms with Crippen molar-refractivity contribution in [1.29, 1.82) is 0 Å². The predicted molar refractivity (Wildman–Crippen MR) is 95.2 cm³/mol. The van der Waals surface area contributed by atoms with Gasteiger partial charge in [0, 0.05) is 12.5 Å². The van der Waals surface area contributed by atoms with Gasteiger partial charge in [0.2, 0.25) is 0 Å². The van der Waals surface area contributed by atoms with Crippen molar-refractivity contribution >= 4 is 5.91 Å². The molecule has 3 rings (SSSR count). The molecule has 1 aliphatic heterocycles. The summed E-state index contributed by atoms with van der Waals surface area (Å²) in [6.45, 7) is 2.93. The van der Waals surface area contributed by atoms with Crippen LogP contribution >= 0.6 is 0 Å². The molecule has 0 aliphatic carbocycles. The summed E-state index contributed by atoms with van der Waals surface area (Å²) in [4.78, 5) is 12.3. The molecule has 0 aromatic heterocycles. The molecule has 2 atom stereocenters. The van der Waals surface area contributed by atoms with E-state index in [9.17, 15) is 4.79 Å². The number of carbonyl (C=O) groups is 1. The molecule has 25 heavy (non-hydrogen) atoms. The number of amides is 1. The van der Waals surface area contributed by atoms with Crippen LogP contribution in [0.15, 0.2) is 48.5 Å². The number of carbonyl (C=O) groups excluding carboxylic acids is 1. The highest BCUT2D eigenvalue weighted by atomic mass is 16.5. The minimum atomic E-state index is -0.565. The van der Waals surface area contributed by atoms with Crippen molar-refractivity contribution in [3.8, 4) is 17.2 Å². The van der Waals surface area contributed by atoms with Crippen LogP contribution in [-0.4, -0.2) is 32.3 Å². The number of nitrogens with one attached hydrogen (secondary N) is 1. The quantitative estimate of drug-likeness (QED) is 0.878. The fourth-order valence-electron chi connectivity index (χ4n) is 2.82. The molecule has 0 saturated carbocycles. The molecule has 2 aromatic carbocycles. The van der Waals surface area contributed by atoms with Crippen molar-refractivity contribution in [3.05, 3.63) is 54.1 Å². The maximum absolute atomic E-state index is 12.3. The van der Waals surface area contributed by atoms with Crippen LogP contribution in [0.2, 0.25) is 0 Å². The van der Waals surface area contributed by atoms with Crippen LogP contribution in [-0.2, 0) is 11.2 Å². The minimum absolute atomic E-state index is 0.130. The Morgan fingerprint density at radius 1 is 1.20 bits per heavy atom. The average Bonchev–Trinajstić information content (AvgIpc) is 2.66. The normalized spacial score (nSPS) is 17.0. The van der Waals surface area contributed by atoms with E-state index in [2.05, 4.69) is 11.4 Å². The van der Waals surface area contributed by atoms with E-state index in [1.165, 1.54) is 5.56 Å². The summed E-state index contributed by atoms with van der Waals surface area (Å²) in [5, 5.41) is 2.96. The molecule has 1 aliphatic rings. The lowest BCUT2D eigenvalue weighted by Gasteiger charge is -2.26. The summed E-state index contributed by atoms with van der Waals surface area (Å²) in [7, 11) is 1.61. The molecule has 1 N–H and O–H groups in total. The average molecular weight is 341 g/mol. The molecule has 2 unspecified atom stereocenters. The fraction of sp³-hybridized carbons (Fsp3) is 0.350. The molecule has 1 amide bonds. The SMILES string of the molecule is COc1ccc(OC(C)C(=O)NCC2COc3ccccc3C2)cc1. The largest absolute Gasteiger partial charge is 0.497 e. The number of methoxy groups -OCH3 is 1. The Bertz CT molecular complexity index is 714. The van der Waals surface area contributed by atoms with Crippen molar-refractivity contribution in [2.45, 2.75) is 19.4 Å². The third-order valence-electron chi connectivity index (χ3n) is 4.26. The van der Waals surface area contributed by atoms with E-state index in [-0.39, 0.29) is 11.8 Å². The van der Waals surface area contributed by atoms with Crippen molar-refractivity contribution in [3.63, 3.8) is 0 Å². The second-order valence-electron chi connectivity index (χ2n) is 6.17. The summed E-state index contributed by atoms with van der Waals surface area (Å²) in [6, 6.07) is 15.2. The summed E-state index contributed by atoms with van der Waals surface area (Å²) in [5.74, 6) is 2.48. The van der Waals surface area contributed by atoms with Gasteiger partial charge in [-0.15, -0.1) is 0 Å². The minimum Gasteiger partial charge on any atom is -0.497 e. The van der Waals surface area contributed by atoms with E-state index in [1.54, 1.807) is 38.3 Å². The molecule has 0 bridgehead atoms. The number of hydrogen-bond donors (Lipinski definition) is 1. The zero-order valence-corrected chi connectivity index (χ0v) is 14.5. The number of rotatable bonds is 6. The number of fused-ring (bicyclic) bond motifs is 1. The molecule has 2 aromatic rings. The Hall–Kier alpha value is -2.69. The third-order valence-corrected chi connectivity index (χ3v) is 4.26. The van der Waals surface area contributed by atoms with Gasteiger partial charge in [-0.2, -0.15) is 0 Å². The van der Waals surface area contributed by atoms with Gasteiger partial charge in [-0.1, -0.05) is 18.2 Å². The molecule has 132 valence electrons. The summed E-state index contributed by atoms with van der Waals surface area (Å²) in [5.41, 5.74) is 1.19. The highest BCUT2D eigenvalue weighted by molar-refractivity contribution is 5.80. The second-order valence-corrected chi connectivity index (χ2v) is 6.17. The zero-order valence-electron chi connectivity index (χ0n) is 14.5. The zero-order chi connectivity index (χ0) is 17.6. The topological polar surface area (TPSA) is 56.8 Å². The number of para-hydroxylation sites is 1. The first-order valence-electron chi connectivity index (χ1n) is 8.45. The molecule has 5 nitrogen and oxygen atoms in total. The maximum atomic E-state index is 12.3. The van der Waals surface area contributed by atoms with E-state index in [4.69, 9.17) is 14.2 Å². The predicted octanol–water partition coefficient (Wildman–Crippen LogP) is 2.83. The summed E-state index contributed by atoms with van der Waals surface area (Å²) in [6.07, 6.45) is 0.342. The van der Waals surface area contributed by atoms with E-state index in [1.807, 2.05) is 18.2 Å². The van der Waals surface area contributed by atoms with Gasteiger partial charge in [-0.25, -0.2) is 0 Å². The molecule has 0 fully saturated rings. The Labute approximate surface area is 147 Å². The Kier molecular flexibility index (Phi) is 5.43. The van der Waals surface area contributed by atoms with Crippen LogP contribution < -0.4 is 19.5 Å². The van der Waals surface area contributed by atoms with Gasteiger partial charge in [0.15, 0.2) is 6.10 Å². The first kappa shape index (κ1) is 17.1. The lowest BCUT2D eigenvalue weighted by molar-refractivity contribution is -0.127. The fourth-order valence-corrected chi connectivity index (χ4v) is 2.82. The highest BCUT2D eigenvalue weighted by Crippen LogP contribution is 2.26. The van der Waals surface area contributed by atoms with Crippen LogP contribution in [0.5, 0.6) is 17.2 Å². The summed E-state index contributed by atoms with van der Waals surface area (Å²) >= 11 is 0. The lowest BCUT2D eigenvalue weighted by atomic mass is 9.97. The molecular weight excluding hydrogens is 318 g/mol. The molecule has 5 heteroatoms. The van der Waals surface area contributed by atoms with E-state index in [0.717, 1.165) is 17.9 Å². The second kappa shape index (κ2) is 7.92. The standard InChI is InChI=1S/C20H23NO4/c1-14(25-18-9-7-17(23-2)8-10-18)20(22)21-12-15-11-16-5-3-4-6-19(16)24-13-15/h3-10,14-15H,11-13H2,1-2H3,(H,21,22). The molecule has 0 radical (unpaired) electrons. The monoisotopic (exact) mass is 341 g/mol. The first-order valence-corrected chi connectivity index (χ1v) is 8.45. The van der Waals surface area contributed by atoms with Gasteiger partial charge in [-0.05, 0) is 49.2 Å². The Morgan fingerprint density at radius 2 is 1.92 bits per heavy atom. The number of hydrogen-bond acceptors (Lipinski definition) is 4. The van der Waals surface area contributed by atoms with Gasteiger partial charge in [0.25, 0.3) is 5.91 Å². The summed E-state index contributed by atoms with van der Waals surface area (Å²) < 4.78 is 16.5. The van der Waals surface area contributed by atoms with Crippen molar-refractivity contribution in [2.24, 2.45) is 5.92 Å². The van der Waals surface area contributed by atoms with Gasteiger partial charge in [0.05, 0.1) is 13.7 Å². The van der Waals surface area contributed by atoms with Gasteiger partial charge in [0.1, 0.15) is 17.2 Å². The van der Waals surface area contributed by atoms with E-state index >= 15 is 0 Å². The Morgan fingerprint density at radius 3 is 2.68 bits per heavy atom. The molecular formula is C20H23NO4. The van der Waals surface area contributed by atoms with Crippen LogP contribution in [0.25, 0.3) is 0 Å². The molecule has 0 spiro atoms. The van der Waals surface area contributed by atoms with Crippen LogP contribution in [0.4, 0.5) is 0 Å². The van der Waals surface area contributed by atoms with Crippen LogP contribution in [0.1, 0.15) is 12.5 Å². The molecule has 0 saturated heterocycles. The van der Waals surface area contributed by atoms with Crippen molar-refractivity contribution in [2.75, 3.05) is 20.3 Å². The van der Waals surface area contributed by atoms with E-state index < -0.39 is 6.10 Å². The molecule has 1 heterocycles. The van der Waals surface area contributed by atoms with Crippen molar-refractivity contribution in [1.82, 2.24) is 5.32 Å². The smallest absolute Gasteiger partial charge is 0.260 e.